The third kappa shape index (κ3) is 2.57. The van der Waals surface area contributed by atoms with Crippen LogP contribution in [0.4, 0.5) is 4.79 Å². The van der Waals surface area contributed by atoms with Gasteiger partial charge in [0.25, 0.3) is 0 Å². The number of carbonyl (C=O) groups is 1. The molecule has 2 aromatic heterocycles. The van der Waals surface area contributed by atoms with Gasteiger partial charge >= 0.3 is 6.03 Å². The number of amides is 2. The first-order chi connectivity index (χ1) is 11.2. The molecule has 2 aliphatic heterocycles. The van der Waals surface area contributed by atoms with E-state index in [1.54, 1.807) is 6.20 Å². The van der Waals surface area contributed by atoms with Gasteiger partial charge in [-0.15, -0.1) is 0 Å². The number of pyridine rings is 1. The molecule has 2 N–H and O–H groups in total. The Hall–Kier alpha value is -2.41. The summed E-state index contributed by atoms with van der Waals surface area (Å²) in [6, 6.07) is 4.54. The van der Waals surface area contributed by atoms with Crippen LogP contribution >= 0.6 is 0 Å². The van der Waals surface area contributed by atoms with Crippen LogP contribution in [0.1, 0.15) is 12.0 Å². The summed E-state index contributed by atoms with van der Waals surface area (Å²) < 4.78 is 0. The summed E-state index contributed by atoms with van der Waals surface area (Å²) in [7, 11) is 1.88. The molecular formula is C16H20N6O. The van der Waals surface area contributed by atoms with Crippen molar-refractivity contribution in [2.45, 2.75) is 25.0 Å². The Morgan fingerprint density at radius 1 is 1.39 bits per heavy atom. The first-order valence-corrected chi connectivity index (χ1v) is 7.90. The van der Waals surface area contributed by atoms with E-state index in [1.807, 2.05) is 36.5 Å². The Morgan fingerprint density at radius 3 is 3.13 bits per heavy atom. The van der Waals surface area contributed by atoms with Gasteiger partial charge in [-0.3, -0.25) is 15.0 Å². The standard InChI is InChI=1S/C16H20N6O/c1-21-14-4-6-22(10-13(14)19-16(21)23)9-12-8-18-20-15(12)11-3-2-5-17-7-11/h2-3,5,7-8,13-14H,4,6,9-10H2,1H3,(H,18,20)(H,19,23)/t13-,14+/m1/s1. The molecule has 0 bridgehead atoms. The van der Waals surface area contributed by atoms with Crippen LogP contribution in [0.3, 0.4) is 0 Å². The lowest BCUT2D eigenvalue weighted by Crippen LogP contribution is -2.50. The Balaban J connectivity index is 1.48. The van der Waals surface area contributed by atoms with Crippen molar-refractivity contribution >= 4 is 6.03 Å². The van der Waals surface area contributed by atoms with E-state index < -0.39 is 0 Å². The zero-order valence-electron chi connectivity index (χ0n) is 13.1. The normalized spacial score (nSPS) is 24.6. The maximum Gasteiger partial charge on any atom is 0.317 e. The molecule has 2 amide bonds. The highest BCUT2D eigenvalue weighted by Gasteiger charge is 2.40. The number of hydrogen-bond acceptors (Lipinski definition) is 4. The summed E-state index contributed by atoms with van der Waals surface area (Å²) in [5.74, 6) is 0. The fourth-order valence-electron chi connectivity index (χ4n) is 3.60. The lowest BCUT2D eigenvalue weighted by molar-refractivity contribution is 0.147. The first-order valence-electron chi connectivity index (χ1n) is 7.90. The van der Waals surface area contributed by atoms with Gasteiger partial charge in [-0.2, -0.15) is 5.10 Å². The summed E-state index contributed by atoms with van der Waals surface area (Å²) >= 11 is 0. The number of hydrogen-bond donors (Lipinski definition) is 2. The fraction of sp³-hybridized carbons (Fsp3) is 0.438. The number of fused-ring (bicyclic) bond motifs is 1. The Bertz CT molecular complexity index is 700. The summed E-state index contributed by atoms with van der Waals surface area (Å²) in [6.45, 7) is 2.68. The molecule has 2 aliphatic rings. The summed E-state index contributed by atoms with van der Waals surface area (Å²) in [5, 5.41) is 10.3. The van der Waals surface area contributed by atoms with Crippen LogP contribution in [-0.4, -0.2) is 63.2 Å². The molecule has 2 atom stereocenters. The van der Waals surface area contributed by atoms with E-state index in [1.165, 1.54) is 0 Å². The Labute approximate surface area is 134 Å². The van der Waals surface area contributed by atoms with Gasteiger partial charge in [0.1, 0.15) is 0 Å². The van der Waals surface area contributed by atoms with Crippen molar-refractivity contribution in [1.29, 1.82) is 0 Å². The smallest absolute Gasteiger partial charge is 0.317 e. The van der Waals surface area contributed by atoms with E-state index in [9.17, 15) is 4.79 Å². The van der Waals surface area contributed by atoms with Crippen molar-refractivity contribution in [1.82, 2.24) is 30.3 Å². The number of aromatic nitrogens is 3. The third-order valence-corrected chi connectivity index (χ3v) is 4.85. The van der Waals surface area contributed by atoms with Crippen molar-refractivity contribution in [2.24, 2.45) is 0 Å². The van der Waals surface area contributed by atoms with Crippen LogP contribution < -0.4 is 5.32 Å². The molecule has 0 spiro atoms. The second-order valence-electron chi connectivity index (χ2n) is 6.27. The molecule has 0 unspecified atom stereocenters. The van der Waals surface area contributed by atoms with Crippen LogP contribution in [0, 0.1) is 0 Å². The van der Waals surface area contributed by atoms with Crippen molar-refractivity contribution < 1.29 is 4.79 Å². The first kappa shape index (κ1) is 14.2. The number of aromatic amines is 1. The predicted octanol–water partition coefficient (Wildman–Crippen LogP) is 1.07. The number of urea groups is 1. The van der Waals surface area contributed by atoms with Gasteiger partial charge < -0.3 is 10.2 Å². The van der Waals surface area contributed by atoms with Crippen molar-refractivity contribution in [2.75, 3.05) is 20.1 Å². The summed E-state index contributed by atoms with van der Waals surface area (Å²) in [6.07, 6.45) is 6.49. The number of piperidine rings is 1. The second kappa shape index (κ2) is 5.66. The molecular weight excluding hydrogens is 292 g/mol. The average Bonchev–Trinajstić information content (AvgIpc) is 3.13. The molecule has 0 radical (unpaired) electrons. The maximum absolute atomic E-state index is 11.8. The Morgan fingerprint density at radius 2 is 2.30 bits per heavy atom. The highest BCUT2D eigenvalue weighted by molar-refractivity contribution is 5.77. The van der Waals surface area contributed by atoms with Crippen LogP contribution in [-0.2, 0) is 6.54 Å². The molecule has 7 heteroatoms. The van der Waals surface area contributed by atoms with E-state index in [4.69, 9.17) is 0 Å². The number of H-pyrrole nitrogens is 1. The Kier molecular flexibility index (Phi) is 3.49. The van der Waals surface area contributed by atoms with Crippen LogP contribution in [0.5, 0.6) is 0 Å². The number of rotatable bonds is 3. The van der Waals surface area contributed by atoms with Gasteiger partial charge in [0, 0.05) is 50.2 Å². The lowest BCUT2D eigenvalue weighted by Gasteiger charge is -2.35. The SMILES string of the molecule is CN1C(=O)N[C@@H]2CN(Cc3cn[nH]c3-c3cccnc3)CC[C@@H]21. The molecule has 4 rings (SSSR count). The van der Waals surface area contributed by atoms with E-state index in [2.05, 4.69) is 25.4 Å². The van der Waals surface area contributed by atoms with Gasteiger partial charge in [0.05, 0.1) is 24.0 Å². The van der Waals surface area contributed by atoms with Crippen molar-refractivity contribution in [3.05, 3.63) is 36.3 Å². The fourth-order valence-corrected chi connectivity index (χ4v) is 3.60. The zero-order chi connectivity index (χ0) is 15.8. The molecule has 0 aliphatic carbocycles. The summed E-state index contributed by atoms with van der Waals surface area (Å²) in [4.78, 5) is 20.2. The molecule has 7 nitrogen and oxygen atoms in total. The average molecular weight is 312 g/mol. The summed E-state index contributed by atoms with van der Waals surface area (Å²) in [5.41, 5.74) is 3.23. The monoisotopic (exact) mass is 312 g/mol. The van der Waals surface area contributed by atoms with E-state index in [-0.39, 0.29) is 12.1 Å². The van der Waals surface area contributed by atoms with Crippen molar-refractivity contribution in [3.8, 4) is 11.3 Å². The molecule has 120 valence electrons. The second-order valence-corrected chi connectivity index (χ2v) is 6.27. The molecule has 4 heterocycles. The molecule has 2 saturated heterocycles. The number of likely N-dealkylation sites (tertiary alicyclic amines) is 1. The maximum atomic E-state index is 11.8. The number of nitrogens with zero attached hydrogens (tertiary/aromatic N) is 4. The molecule has 2 fully saturated rings. The minimum Gasteiger partial charge on any atom is -0.332 e. The van der Waals surface area contributed by atoms with Gasteiger partial charge in [0.2, 0.25) is 0 Å². The molecule has 23 heavy (non-hydrogen) atoms. The minimum absolute atomic E-state index is 0.0428. The zero-order valence-corrected chi connectivity index (χ0v) is 13.1. The van der Waals surface area contributed by atoms with Gasteiger partial charge in [-0.1, -0.05) is 0 Å². The predicted molar refractivity (Wildman–Crippen MR) is 85.6 cm³/mol. The van der Waals surface area contributed by atoms with E-state index in [0.717, 1.165) is 42.9 Å². The molecule has 0 aromatic carbocycles. The highest BCUT2D eigenvalue weighted by Crippen LogP contribution is 2.25. The largest absolute Gasteiger partial charge is 0.332 e. The van der Waals surface area contributed by atoms with Gasteiger partial charge in [-0.05, 0) is 18.6 Å². The van der Waals surface area contributed by atoms with Gasteiger partial charge in [0.15, 0.2) is 0 Å². The minimum atomic E-state index is 0.0428. The topological polar surface area (TPSA) is 77.2 Å². The van der Waals surface area contributed by atoms with Crippen LogP contribution in [0.15, 0.2) is 30.7 Å². The highest BCUT2D eigenvalue weighted by atomic mass is 16.2. The molecule has 2 aromatic rings. The van der Waals surface area contributed by atoms with Crippen LogP contribution in [0.2, 0.25) is 0 Å². The number of likely N-dealkylation sites (N-methyl/N-ethyl adjacent to an activating group) is 1. The van der Waals surface area contributed by atoms with Crippen molar-refractivity contribution in [3.63, 3.8) is 0 Å². The number of nitrogens with one attached hydrogen (secondary N) is 2. The quantitative estimate of drug-likeness (QED) is 0.889. The van der Waals surface area contributed by atoms with Crippen LogP contribution in [0.25, 0.3) is 11.3 Å². The molecule has 0 saturated carbocycles. The third-order valence-electron chi connectivity index (χ3n) is 4.85. The van der Waals surface area contributed by atoms with Gasteiger partial charge in [-0.25, -0.2) is 4.79 Å². The number of carbonyl (C=O) groups excluding carboxylic acids is 1. The lowest BCUT2D eigenvalue weighted by atomic mass is 9.99. The van der Waals surface area contributed by atoms with E-state index in [0.29, 0.717) is 6.04 Å². The van der Waals surface area contributed by atoms with E-state index >= 15 is 0 Å².